The molecule has 0 aromatic carbocycles. The highest BCUT2D eigenvalue weighted by molar-refractivity contribution is 5.30. The second-order valence-electron chi connectivity index (χ2n) is 4.64. The fourth-order valence-electron chi connectivity index (χ4n) is 1.76. The molecule has 5 nitrogen and oxygen atoms in total. The van der Waals surface area contributed by atoms with E-state index in [9.17, 15) is 0 Å². The van der Waals surface area contributed by atoms with Crippen LogP contribution in [0.15, 0.2) is 12.4 Å². The van der Waals surface area contributed by atoms with Gasteiger partial charge in [-0.1, -0.05) is 13.8 Å². The standard InChI is InChI=1S/C12H21N5/c1-11(2)9-16(5-3-4-13)6-7-17-10-12(14)8-15-17/h8,10-11H,3,5-7,9,14H2,1-2H3. The van der Waals surface area contributed by atoms with Crippen LogP contribution in [0.5, 0.6) is 0 Å². The van der Waals surface area contributed by atoms with Gasteiger partial charge in [0.25, 0.3) is 0 Å². The first kappa shape index (κ1) is 13.5. The first-order valence-electron chi connectivity index (χ1n) is 5.99. The van der Waals surface area contributed by atoms with Crippen LogP contribution in [-0.4, -0.2) is 34.3 Å². The molecule has 1 rings (SSSR count). The van der Waals surface area contributed by atoms with E-state index >= 15 is 0 Å². The Kier molecular flexibility index (Phi) is 5.50. The summed E-state index contributed by atoms with van der Waals surface area (Å²) in [5.41, 5.74) is 6.30. The molecule has 1 aromatic heterocycles. The fourth-order valence-corrected chi connectivity index (χ4v) is 1.76. The number of nitrogen functional groups attached to an aromatic ring is 1. The van der Waals surface area contributed by atoms with Crippen LogP contribution in [0, 0.1) is 17.2 Å². The van der Waals surface area contributed by atoms with E-state index in [4.69, 9.17) is 11.0 Å². The first-order chi connectivity index (χ1) is 8.11. The molecule has 1 aromatic rings. The molecule has 0 atom stereocenters. The van der Waals surface area contributed by atoms with Crippen molar-refractivity contribution in [1.29, 1.82) is 5.26 Å². The van der Waals surface area contributed by atoms with Crippen molar-refractivity contribution in [2.24, 2.45) is 5.92 Å². The molecule has 0 saturated heterocycles. The largest absolute Gasteiger partial charge is 0.396 e. The Hall–Kier alpha value is -1.54. The number of nitrogens with two attached hydrogens (primary N) is 1. The number of nitrogens with zero attached hydrogens (tertiary/aromatic N) is 4. The zero-order valence-corrected chi connectivity index (χ0v) is 10.6. The minimum Gasteiger partial charge on any atom is -0.396 e. The highest BCUT2D eigenvalue weighted by Gasteiger charge is 2.07. The number of hydrogen-bond donors (Lipinski definition) is 1. The molecule has 0 bridgehead atoms. The van der Waals surface area contributed by atoms with Crippen LogP contribution in [-0.2, 0) is 6.54 Å². The zero-order valence-electron chi connectivity index (χ0n) is 10.6. The maximum absolute atomic E-state index is 8.63. The summed E-state index contributed by atoms with van der Waals surface area (Å²) >= 11 is 0. The van der Waals surface area contributed by atoms with Gasteiger partial charge in [0.1, 0.15) is 0 Å². The molecule has 0 unspecified atom stereocenters. The van der Waals surface area contributed by atoms with Gasteiger partial charge in [0.15, 0.2) is 0 Å². The van der Waals surface area contributed by atoms with Crippen molar-refractivity contribution in [3.8, 4) is 6.07 Å². The van der Waals surface area contributed by atoms with E-state index in [0.29, 0.717) is 18.0 Å². The molecular weight excluding hydrogens is 214 g/mol. The molecule has 0 aliphatic carbocycles. The highest BCUT2D eigenvalue weighted by atomic mass is 15.3. The van der Waals surface area contributed by atoms with Crippen molar-refractivity contribution in [1.82, 2.24) is 14.7 Å². The summed E-state index contributed by atoms with van der Waals surface area (Å²) in [5, 5.41) is 12.8. The highest BCUT2D eigenvalue weighted by Crippen LogP contribution is 2.02. The van der Waals surface area contributed by atoms with Crippen LogP contribution in [0.3, 0.4) is 0 Å². The lowest BCUT2D eigenvalue weighted by Gasteiger charge is -2.22. The Labute approximate surface area is 103 Å². The van der Waals surface area contributed by atoms with Crippen LogP contribution >= 0.6 is 0 Å². The van der Waals surface area contributed by atoms with Crippen molar-refractivity contribution < 1.29 is 0 Å². The summed E-state index contributed by atoms with van der Waals surface area (Å²) in [5.74, 6) is 0.608. The number of hydrogen-bond acceptors (Lipinski definition) is 4. The topological polar surface area (TPSA) is 70.9 Å². The predicted molar refractivity (Wildman–Crippen MR) is 68.1 cm³/mol. The molecule has 0 amide bonds. The molecule has 0 aliphatic rings. The fraction of sp³-hybridized carbons (Fsp3) is 0.667. The molecule has 0 radical (unpaired) electrons. The summed E-state index contributed by atoms with van der Waals surface area (Å²) in [6.07, 6.45) is 4.06. The Morgan fingerprint density at radius 1 is 1.53 bits per heavy atom. The van der Waals surface area contributed by atoms with Crippen molar-refractivity contribution in [2.75, 3.05) is 25.4 Å². The molecule has 0 aliphatic heterocycles. The second kappa shape index (κ2) is 6.92. The van der Waals surface area contributed by atoms with Crippen molar-refractivity contribution in [3.63, 3.8) is 0 Å². The summed E-state index contributed by atoms with van der Waals surface area (Å²) in [6, 6.07) is 2.19. The molecule has 0 fully saturated rings. The molecule has 17 heavy (non-hydrogen) atoms. The van der Waals surface area contributed by atoms with Gasteiger partial charge in [-0.25, -0.2) is 0 Å². The lowest BCUT2D eigenvalue weighted by atomic mass is 10.2. The smallest absolute Gasteiger partial charge is 0.0719 e. The van der Waals surface area contributed by atoms with Gasteiger partial charge in [-0.05, 0) is 5.92 Å². The minimum absolute atomic E-state index is 0.577. The van der Waals surface area contributed by atoms with Crippen LogP contribution in [0.4, 0.5) is 5.69 Å². The SMILES string of the molecule is CC(C)CN(CCC#N)CCn1cc(N)cn1. The van der Waals surface area contributed by atoms with E-state index < -0.39 is 0 Å². The van der Waals surface area contributed by atoms with Gasteiger partial charge in [-0.15, -0.1) is 0 Å². The number of nitriles is 1. The summed E-state index contributed by atoms with van der Waals surface area (Å²) in [6.45, 7) is 7.93. The van der Waals surface area contributed by atoms with Crippen LogP contribution < -0.4 is 5.73 Å². The Balaban J connectivity index is 2.40. The third-order valence-electron chi connectivity index (χ3n) is 2.46. The van der Waals surface area contributed by atoms with Gasteiger partial charge in [0.05, 0.1) is 24.5 Å². The Bertz CT molecular complexity index is 363. The minimum atomic E-state index is 0.577. The zero-order chi connectivity index (χ0) is 12.7. The predicted octanol–water partition coefficient (Wildman–Crippen LogP) is 1.34. The Morgan fingerprint density at radius 2 is 2.29 bits per heavy atom. The Morgan fingerprint density at radius 3 is 2.82 bits per heavy atom. The van der Waals surface area contributed by atoms with Crippen molar-refractivity contribution in [3.05, 3.63) is 12.4 Å². The third-order valence-corrected chi connectivity index (χ3v) is 2.46. The van der Waals surface area contributed by atoms with Crippen molar-refractivity contribution in [2.45, 2.75) is 26.8 Å². The average Bonchev–Trinajstić information content (AvgIpc) is 2.68. The van der Waals surface area contributed by atoms with Gasteiger partial charge < -0.3 is 10.6 Å². The lowest BCUT2D eigenvalue weighted by molar-refractivity contribution is 0.236. The molecular formula is C12H21N5. The lowest BCUT2D eigenvalue weighted by Crippen LogP contribution is -2.32. The van der Waals surface area contributed by atoms with Gasteiger partial charge in [0, 0.05) is 32.3 Å². The summed E-state index contributed by atoms with van der Waals surface area (Å²) in [7, 11) is 0. The van der Waals surface area contributed by atoms with E-state index in [0.717, 1.165) is 26.2 Å². The second-order valence-corrected chi connectivity index (χ2v) is 4.64. The first-order valence-corrected chi connectivity index (χ1v) is 5.99. The van der Waals surface area contributed by atoms with E-state index in [1.807, 2.05) is 10.9 Å². The van der Waals surface area contributed by atoms with Gasteiger partial charge in [-0.3, -0.25) is 4.68 Å². The number of aromatic nitrogens is 2. The van der Waals surface area contributed by atoms with Gasteiger partial charge in [-0.2, -0.15) is 10.4 Å². The number of anilines is 1. The van der Waals surface area contributed by atoms with E-state index in [1.165, 1.54) is 0 Å². The molecule has 2 N–H and O–H groups in total. The maximum Gasteiger partial charge on any atom is 0.0719 e. The van der Waals surface area contributed by atoms with E-state index in [2.05, 4.69) is 29.9 Å². The normalized spacial score (nSPS) is 11.0. The quantitative estimate of drug-likeness (QED) is 0.774. The van der Waals surface area contributed by atoms with Crippen LogP contribution in [0.1, 0.15) is 20.3 Å². The maximum atomic E-state index is 8.63. The van der Waals surface area contributed by atoms with E-state index in [1.54, 1.807) is 6.20 Å². The number of rotatable bonds is 7. The average molecular weight is 235 g/mol. The van der Waals surface area contributed by atoms with Crippen molar-refractivity contribution >= 4 is 5.69 Å². The summed E-state index contributed by atoms with van der Waals surface area (Å²) in [4.78, 5) is 2.30. The summed E-state index contributed by atoms with van der Waals surface area (Å²) < 4.78 is 1.84. The van der Waals surface area contributed by atoms with Crippen LogP contribution in [0.25, 0.3) is 0 Å². The van der Waals surface area contributed by atoms with Crippen LogP contribution in [0.2, 0.25) is 0 Å². The molecule has 0 saturated carbocycles. The molecule has 1 heterocycles. The van der Waals surface area contributed by atoms with Gasteiger partial charge in [0.2, 0.25) is 0 Å². The molecule has 5 heteroatoms. The molecule has 0 spiro atoms. The van der Waals surface area contributed by atoms with Gasteiger partial charge >= 0.3 is 0 Å². The monoisotopic (exact) mass is 235 g/mol. The molecule has 94 valence electrons. The third kappa shape index (κ3) is 5.36. The van der Waals surface area contributed by atoms with E-state index in [-0.39, 0.29) is 0 Å².